The predicted octanol–water partition coefficient (Wildman–Crippen LogP) is 1.40. The van der Waals surface area contributed by atoms with Gasteiger partial charge in [-0.15, -0.1) is 11.8 Å². The van der Waals surface area contributed by atoms with Crippen molar-refractivity contribution in [3.8, 4) is 0 Å². The summed E-state index contributed by atoms with van der Waals surface area (Å²) in [6.45, 7) is 2.02. The number of nitrogens with one attached hydrogen (secondary N) is 2. The molecule has 2 N–H and O–H groups in total. The van der Waals surface area contributed by atoms with Gasteiger partial charge in [0.05, 0.1) is 18.1 Å². The molecule has 1 rings (SSSR count). The molecule has 8 heteroatoms. The van der Waals surface area contributed by atoms with E-state index in [-0.39, 0.29) is 17.5 Å². The second-order valence-corrected chi connectivity index (χ2v) is 5.23. The Morgan fingerprint density at radius 3 is 2.43 bits per heavy atom. The second kappa shape index (κ2) is 9.25. The summed E-state index contributed by atoms with van der Waals surface area (Å²) in [5.41, 5.74) is 4.90. The van der Waals surface area contributed by atoms with Crippen molar-refractivity contribution in [2.75, 3.05) is 18.1 Å². The molecule has 114 valence electrons. The van der Waals surface area contributed by atoms with E-state index >= 15 is 0 Å². The van der Waals surface area contributed by atoms with Crippen LogP contribution in [0, 0.1) is 0 Å². The van der Waals surface area contributed by atoms with Gasteiger partial charge in [-0.05, 0) is 31.2 Å². The van der Waals surface area contributed by atoms with Gasteiger partial charge in [-0.2, -0.15) is 0 Å². The van der Waals surface area contributed by atoms with Crippen molar-refractivity contribution in [2.24, 2.45) is 0 Å². The van der Waals surface area contributed by atoms with Gasteiger partial charge in [0.2, 0.25) is 5.91 Å². The fraction of sp³-hybridized carbons (Fsp3) is 0.308. The molecule has 21 heavy (non-hydrogen) atoms. The number of rotatable bonds is 6. The van der Waals surface area contributed by atoms with Gasteiger partial charge in [0, 0.05) is 10.6 Å². The molecule has 0 bridgehead atoms. The molecule has 0 aliphatic heterocycles. The number of esters is 1. The van der Waals surface area contributed by atoms with Gasteiger partial charge in [-0.3, -0.25) is 25.2 Å². The van der Waals surface area contributed by atoms with Crippen LogP contribution in [0.15, 0.2) is 24.3 Å². The maximum atomic E-state index is 11.7. The second-order valence-electron chi connectivity index (χ2n) is 3.81. The molecule has 0 atom stereocenters. The van der Waals surface area contributed by atoms with E-state index in [0.717, 1.165) is 11.8 Å². The van der Waals surface area contributed by atoms with Crippen LogP contribution in [0.4, 0.5) is 0 Å². The first-order valence-corrected chi connectivity index (χ1v) is 7.64. The van der Waals surface area contributed by atoms with Crippen molar-refractivity contribution in [1.82, 2.24) is 10.9 Å². The van der Waals surface area contributed by atoms with Crippen molar-refractivity contribution in [3.05, 3.63) is 34.9 Å². The van der Waals surface area contributed by atoms with Crippen LogP contribution in [0.5, 0.6) is 0 Å². The van der Waals surface area contributed by atoms with Crippen LogP contribution < -0.4 is 10.9 Å². The van der Waals surface area contributed by atoms with E-state index in [1.807, 2.05) is 0 Å². The number of thioether (sulfide) groups is 1. The average Bonchev–Trinajstić information content (AvgIpc) is 2.46. The highest BCUT2D eigenvalue weighted by Crippen LogP contribution is 2.09. The Hall–Kier alpha value is -1.73. The molecule has 0 saturated heterocycles. The van der Waals surface area contributed by atoms with Crippen molar-refractivity contribution in [3.63, 3.8) is 0 Å². The van der Waals surface area contributed by atoms with E-state index in [0.29, 0.717) is 17.2 Å². The Balaban J connectivity index is 2.25. The zero-order chi connectivity index (χ0) is 15.7. The summed E-state index contributed by atoms with van der Waals surface area (Å²) >= 11 is 6.81. The molecule has 0 heterocycles. The zero-order valence-electron chi connectivity index (χ0n) is 11.3. The Morgan fingerprint density at radius 1 is 1.14 bits per heavy atom. The highest BCUT2D eigenvalue weighted by atomic mass is 35.5. The van der Waals surface area contributed by atoms with E-state index in [9.17, 15) is 14.4 Å². The predicted molar refractivity (Wildman–Crippen MR) is 81.0 cm³/mol. The van der Waals surface area contributed by atoms with Crippen LogP contribution in [-0.4, -0.2) is 35.9 Å². The molecular weight excluding hydrogens is 316 g/mol. The lowest BCUT2D eigenvalue weighted by atomic mass is 10.2. The van der Waals surface area contributed by atoms with Gasteiger partial charge in [0.15, 0.2) is 0 Å². The van der Waals surface area contributed by atoms with Gasteiger partial charge >= 0.3 is 5.97 Å². The maximum Gasteiger partial charge on any atom is 0.315 e. The summed E-state index contributed by atoms with van der Waals surface area (Å²) in [6.07, 6.45) is 0. The van der Waals surface area contributed by atoms with Crippen LogP contribution >= 0.6 is 23.4 Å². The molecule has 6 nitrogen and oxygen atoms in total. The Labute approximate surface area is 131 Å². The summed E-state index contributed by atoms with van der Waals surface area (Å²) in [5, 5.41) is 0.519. The quantitative estimate of drug-likeness (QED) is 0.608. The van der Waals surface area contributed by atoms with Crippen LogP contribution in [-0.2, 0) is 14.3 Å². The fourth-order valence-corrected chi connectivity index (χ4v) is 2.00. The molecule has 0 spiro atoms. The molecule has 2 amide bonds. The van der Waals surface area contributed by atoms with E-state index in [2.05, 4.69) is 10.9 Å². The first kappa shape index (κ1) is 17.3. The van der Waals surface area contributed by atoms with Crippen LogP contribution in [0.25, 0.3) is 0 Å². The number of hydrazine groups is 1. The Bertz CT molecular complexity index is 507. The summed E-state index contributed by atoms with van der Waals surface area (Å²) in [6, 6.07) is 6.24. The topological polar surface area (TPSA) is 84.5 Å². The smallest absolute Gasteiger partial charge is 0.315 e. The van der Waals surface area contributed by atoms with E-state index in [1.165, 1.54) is 0 Å². The SMILES string of the molecule is CCOC(=O)CSCC(=O)NNC(=O)c1ccc(Cl)cc1. The Kier molecular flexibility index (Phi) is 7.63. The first-order valence-electron chi connectivity index (χ1n) is 6.11. The van der Waals surface area contributed by atoms with Gasteiger partial charge in [-0.25, -0.2) is 0 Å². The molecule has 0 aliphatic rings. The first-order chi connectivity index (χ1) is 10.0. The molecule has 0 fully saturated rings. The monoisotopic (exact) mass is 330 g/mol. The highest BCUT2D eigenvalue weighted by molar-refractivity contribution is 8.00. The lowest BCUT2D eigenvalue weighted by molar-refractivity contribution is -0.139. The summed E-state index contributed by atoms with van der Waals surface area (Å²) < 4.78 is 4.72. The van der Waals surface area contributed by atoms with Crippen LogP contribution in [0.3, 0.4) is 0 Å². The minimum Gasteiger partial charge on any atom is -0.465 e. The third-order valence-corrected chi connectivity index (χ3v) is 3.34. The highest BCUT2D eigenvalue weighted by Gasteiger charge is 2.08. The Morgan fingerprint density at radius 2 is 1.81 bits per heavy atom. The molecule has 0 unspecified atom stereocenters. The molecule has 1 aromatic rings. The number of ether oxygens (including phenoxy) is 1. The van der Waals surface area contributed by atoms with Gasteiger partial charge < -0.3 is 4.74 Å². The normalized spacial score (nSPS) is 9.81. The lowest BCUT2D eigenvalue weighted by Crippen LogP contribution is -2.42. The molecule has 1 aromatic carbocycles. The van der Waals surface area contributed by atoms with Gasteiger partial charge in [-0.1, -0.05) is 11.6 Å². The molecular formula is C13H15ClN2O4S. The maximum absolute atomic E-state index is 11.7. The molecule has 0 aliphatic carbocycles. The zero-order valence-corrected chi connectivity index (χ0v) is 12.9. The number of carbonyl (C=O) groups excluding carboxylic acids is 3. The number of hydrogen-bond donors (Lipinski definition) is 2. The van der Waals surface area contributed by atoms with Gasteiger partial charge in [0.25, 0.3) is 5.91 Å². The summed E-state index contributed by atoms with van der Waals surface area (Å²) in [5.74, 6) is -1.10. The number of amides is 2. The number of hydrogen-bond acceptors (Lipinski definition) is 5. The largest absolute Gasteiger partial charge is 0.465 e. The van der Waals surface area contributed by atoms with E-state index in [4.69, 9.17) is 16.3 Å². The van der Waals surface area contributed by atoms with Crippen molar-refractivity contribution in [1.29, 1.82) is 0 Å². The summed E-state index contributed by atoms with van der Waals surface area (Å²) in [7, 11) is 0. The van der Waals surface area contributed by atoms with E-state index in [1.54, 1.807) is 31.2 Å². The third-order valence-electron chi connectivity index (χ3n) is 2.18. The van der Waals surface area contributed by atoms with Crippen LogP contribution in [0.2, 0.25) is 5.02 Å². The summed E-state index contributed by atoms with van der Waals surface area (Å²) in [4.78, 5) is 34.2. The standard InChI is InChI=1S/C13H15ClN2O4S/c1-2-20-12(18)8-21-7-11(17)15-16-13(19)9-3-5-10(14)6-4-9/h3-6H,2,7-8H2,1H3,(H,15,17)(H,16,19). The average molecular weight is 331 g/mol. The number of carbonyl (C=O) groups is 3. The molecule has 0 aromatic heterocycles. The van der Waals surface area contributed by atoms with Crippen molar-refractivity contribution in [2.45, 2.75) is 6.92 Å². The molecule has 0 radical (unpaired) electrons. The molecule has 0 saturated carbocycles. The third kappa shape index (κ3) is 7.01. The minimum atomic E-state index is -0.449. The number of benzene rings is 1. The van der Waals surface area contributed by atoms with E-state index < -0.39 is 11.8 Å². The fourth-order valence-electron chi connectivity index (χ4n) is 1.27. The van der Waals surface area contributed by atoms with Gasteiger partial charge in [0.1, 0.15) is 0 Å². The van der Waals surface area contributed by atoms with Crippen molar-refractivity contribution >= 4 is 41.1 Å². The lowest BCUT2D eigenvalue weighted by Gasteiger charge is -2.07. The van der Waals surface area contributed by atoms with Crippen LogP contribution in [0.1, 0.15) is 17.3 Å². The minimum absolute atomic E-state index is 0.0414. The number of halogens is 1. The van der Waals surface area contributed by atoms with Crippen molar-refractivity contribution < 1.29 is 19.1 Å².